The van der Waals surface area contributed by atoms with Gasteiger partial charge in [-0.3, -0.25) is 0 Å². The van der Waals surface area contributed by atoms with Crippen LogP contribution in [0.1, 0.15) is 19.5 Å². The van der Waals surface area contributed by atoms with Crippen molar-refractivity contribution in [2.45, 2.75) is 20.8 Å². The molecule has 0 unspecified atom stereocenters. The van der Waals surface area contributed by atoms with E-state index in [4.69, 9.17) is 0 Å². The maximum atomic E-state index is 4.48. The average molecular weight is 335 g/mol. The SMILES string of the molecule is Cc1cc(NCC(C)C)nc(Nc2cccc(Br)c2)n1. The summed E-state index contributed by atoms with van der Waals surface area (Å²) in [5.41, 5.74) is 1.89. The minimum absolute atomic E-state index is 0.576. The first-order valence-electron chi connectivity index (χ1n) is 6.65. The first kappa shape index (κ1) is 14.8. The van der Waals surface area contributed by atoms with Crippen LogP contribution in [0.15, 0.2) is 34.8 Å². The molecule has 0 saturated heterocycles. The summed E-state index contributed by atoms with van der Waals surface area (Å²) in [4.78, 5) is 8.89. The maximum absolute atomic E-state index is 4.48. The maximum Gasteiger partial charge on any atom is 0.229 e. The number of aromatic nitrogens is 2. The highest BCUT2D eigenvalue weighted by Crippen LogP contribution is 2.19. The van der Waals surface area contributed by atoms with Crippen LogP contribution in [-0.2, 0) is 0 Å². The number of hydrogen-bond donors (Lipinski definition) is 2. The molecule has 0 aliphatic heterocycles. The second-order valence-electron chi connectivity index (χ2n) is 5.13. The third kappa shape index (κ3) is 4.49. The monoisotopic (exact) mass is 334 g/mol. The molecule has 106 valence electrons. The van der Waals surface area contributed by atoms with E-state index in [9.17, 15) is 0 Å². The Morgan fingerprint density at radius 1 is 1.20 bits per heavy atom. The summed E-state index contributed by atoms with van der Waals surface area (Å²) in [5.74, 6) is 2.03. The number of nitrogens with one attached hydrogen (secondary N) is 2. The zero-order chi connectivity index (χ0) is 14.5. The number of aryl methyl sites for hydroxylation is 1. The summed E-state index contributed by atoms with van der Waals surface area (Å²) >= 11 is 3.45. The fraction of sp³-hybridized carbons (Fsp3) is 0.333. The predicted molar refractivity (Wildman–Crippen MR) is 87.5 cm³/mol. The molecule has 0 spiro atoms. The largest absolute Gasteiger partial charge is 0.370 e. The van der Waals surface area contributed by atoms with Crippen molar-refractivity contribution in [1.82, 2.24) is 9.97 Å². The molecule has 2 rings (SSSR count). The molecule has 4 nitrogen and oxygen atoms in total. The van der Waals surface area contributed by atoms with E-state index in [0.29, 0.717) is 11.9 Å². The number of halogens is 1. The highest BCUT2D eigenvalue weighted by atomic mass is 79.9. The highest BCUT2D eigenvalue weighted by molar-refractivity contribution is 9.10. The summed E-state index contributed by atoms with van der Waals surface area (Å²) in [6.45, 7) is 7.20. The third-order valence-corrected chi connectivity index (χ3v) is 3.12. The molecule has 0 fully saturated rings. The molecule has 1 aromatic carbocycles. The van der Waals surface area contributed by atoms with Crippen LogP contribution in [0.3, 0.4) is 0 Å². The number of benzene rings is 1. The Kier molecular flexibility index (Phi) is 4.95. The molecular formula is C15H19BrN4. The number of hydrogen-bond acceptors (Lipinski definition) is 4. The van der Waals surface area contributed by atoms with Crippen molar-refractivity contribution in [3.05, 3.63) is 40.5 Å². The summed E-state index contributed by atoms with van der Waals surface area (Å²) in [6, 6.07) is 9.89. The van der Waals surface area contributed by atoms with Crippen LogP contribution >= 0.6 is 15.9 Å². The molecule has 0 aliphatic rings. The Labute approximate surface area is 128 Å². The van der Waals surface area contributed by atoms with Gasteiger partial charge in [0.25, 0.3) is 0 Å². The zero-order valence-electron chi connectivity index (χ0n) is 11.9. The summed E-state index contributed by atoms with van der Waals surface area (Å²) in [5, 5.41) is 6.54. The molecule has 0 bridgehead atoms. The lowest BCUT2D eigenvalue weighted by Gasteiger charge is -2.11. The van der Waals surface area contributed by atoms with Crippen LogP contribution in [0.25, 0.3) is 0 Å². The minimum atomic E-state index is 0.576. The van der Waals surface area contributed by atoms with E-state index in [1.54, 1.807) is 0 Å². The van der Waals surface area contributed by atoms with E-state index >= 15 is 0 Å². The first-order valence-corrected chi connectivity index (χ1v) is 7.44. The van der Waals surface area contributed by atoms with Crippen LogP contribution in [-0.4, -0.2) is 16.5 Å². The van der Waals surface area contributed by atoms with E-state index < -0.39 is 0 Å². The number of anilines is 3. The Morgan fingerprint density at radius 2 is 2.00 bits per heavy atom. The molecule has 2 N–H and O–H groups in total. The van der Waals surface area contributed by atoms with Gasteiger partial charge in [-0.2, -0.15) is 4.98 Å². The van der Waals surface area contributed by atoms with Gasteiger partial charge < -0.3 is 10.6 Å². The van der Waals surface area contributed by atoms with Crippen LogP contribution in [0.4, 0.5) is 17.5 Å². The van der Waals surface area contributed by atoms with Gasteiger partial charge in [-0.1, -0.05) is 35.8 Å². The van der Waals surface area contributed by atoms with Gasteiger partial charge >= 0.3 is 0 Å². The third-order valence-electron chi connectivity index (χ3n) is 2.63. The van der Waals surface area contributed by atoms with Crippen LogP contribution in [0, 0.1) is 12.8 Å². The second kappa shape index (κ2) is 6.70. The van der Waals surface area contributed by atoms with E-state index in [0.717, 1.165) is 28.2 Å². The van der Waals surface area contributed by atoms with E-state index in [1.165, 1.54) is 0 Å². The Hall–Kier alpha value is -1.62. The van der Waals surface area contributed by atoms with Gasteiger partial charge in [0.05, 0.1) is 0 Å². The molecule has 0 saturated carbocycles. The topological polar surface area (TPSA) is 49.8 Å². The average Bonchev–Trinajstić information content (AvgIpc) is 2.35. The molecule has 1 aromatic heterocycles. The molecule has 0 aliphatic carbocycles. The summed E-state index contributed by atoms with van der Waals surface area (Å²) in [7, 11) is 0. The number of rotatable bonds is 5. The van der Waals surface area contributed by atoms with Crippen LogP contribution < -0.4 is 10.6 Å². The van der Waals surface area contributed by atoms with Crippen molar-refractivity contribution in [3.63, 3.8) is 0 Å². The van der Waals surface area contributed by atoms with E-state index in [2.05, 4.69) is 50.4 Å². The standard InChI is InChI=1S/C15H19BrN4/c1-10(2)9-17-14-7-11(3)18-15(20-14)19-13-6-4-5-12(16)8-13/h4-8,10H,9H2,1-3H3,(H2,17,18,19,20). The molecule has 2 aromatic rings. The van der Waals surface area contributed by atoms with Gasteiger partial charge in [-0.05, 0) is 31.0 Å². The van der Waals surface area contributed by atoms with Gasteiger partial charge in [0.15, 0.2) is 0 Å². The highest BCUT2D eigenvalue weighted by Gasteiger charge is 2.04. The van der Waals surface area contributed by atoms with Crippen molar-refractivity contribution >= 4 is 33.4 Å². The van der Waals surface area contributed by atoms with Gasteiger partial charge in [0, 0.05) is 28.5 Å². The summed E-state index contributed by atoms with van der Waals surface area (Å²) in [6.07, 6.45) is 0. The van der Waals surface area contributed by atoms with Gasteiger partial charge in [-0.15, -0.1) is 0 Å². The molecule has 20 heavy (non-hydrogen) atoms. The lowest BCUT2D eigenvalue weighted by Crippen LogP contribution is -2.10. The van der Waals surface area contributed by atoms with E-state index in [-0.39, 0.29) is 0 Å². The molecular weight excluding hydrogens is 316 g/mol. The quantitative estimate of drug-likeness (QED) is 0.852. The lowest BCUT2D eigenvalue weighted by molar-refractivity contribution is 0.687. The zero-order valence-corrected chi connectivity index (χ0v) is 13.5. The second-order valence-corrected chi connectivity index (χ2v) is 6.04. The molecule has 0 amide bonds. The Morgan fingerprint density at radius 3 is 2.70 bits per heavy atom. The van der Waals surface area contributed by atoms with Crippen molar-refractivity contribution in [2.75, 3.05) is 17.2 Å². The van der Waals surface area contributed by atoms with Gasteiger partial charge in [-0.25, -0.2) is 4.98 Å². The Bertz CT molecular complexity index is 584. The smallest absolute Gasteiger partial charge is 0.229 e. The van der Waals surface area contributed by atoms with Crippen molar-refractivity contribution in [2.24, 2.45) is 5.92 Å². The van der Waals surface area contributed by atoms with Crippen LogP contribution in [0.5, 0.6) is 0 Å². The molecule has 5 heteroatoms. The Balaban J connectivity index is 2.15. The minimum Gasteiger partial charge on any atom is -0.370 e. The van der Waals surface area contributed by atoms with Crippen molar-refractivity contribution in [3.8, 4) is 0 Å². The fourth-order valence-corrected chi connectivity index (χ4v) is 2.12. The first-order chi connectivity index (χ1) is 9.52. The normalized spacial score (nSPS) is 10.7. The predicted octanol–water partition coefficient (Wildman–Crippen LogP) is 4.36. The van der Waals surface area contributed by atoms with Crippen molar-refractivity contribution < 1.29 is 0 Å². The molecule has 1 heterocycles. The van der Waals surface area contributed by atoms with Gasteiger partial charge in [0.1, 0.15) is 5.82 Å². The molecule has 0 atom stereocenters. The van der Waals surface area contributed by atoms with Crippen LogP contribution in [0.2, 0.25) is 0 Å². The van der Waals surface area contributed by atoms with Crippen molar-refractivity contribution in [1.29, 1.82) is 0 Å². The molecule has 0 radical (unpaired) electrons. The number of nitrogens with zero attached hydrogens (tertiary/aromatic N) is 2. The lowest BCUT2D eigenvalue weighted by atomic mass is 10.2. The fourth-order valence-electron chi connectivity index (χ4n) is 1.72. The van der Waals surface area contributed by atoms with Gasteiger partial charge in [0.2, 0.25) is 5.95 Å². The summed E-state index contributed by atoms with van der Waals surface area (Å²) < 4.78 is 1.02. The van der Waals surface area contributed by atoms with E-state index in [1.807, 2.05) is 37.3 Å².